The zero-order valence-corrected chi connectivity index (χ0v) is 27.7. The summed E-state index contributed by atoms with van der Waals surface area (Å²) in [5.41, 5.74) is 8.19. The number of hydrogen-bond acceptors (Lipinski definition) is 5. The molecule has 0 aliphatic rings. The van der Waals surface area contributed by atoms with Gasteiger partial charge in [0.2, 0.25) is 0 Å². The van der Waals surface area contributed by atoms with Crippen molar-refractivity contribution in [2.45, 2.75) is 0 Å². The molecule has 5 heteroatoms. The van der Waals surface area contributed by atoms with Crippen molar-refractivity contribution >= 4 is 65.4 Å². The van der Waals surface area contributed by atoms with Crippen LogP contribution in [0.1, 0.15) is 0 Å². The molecular formula is C47H27N3O2. The minimum atomic E-state index is 0.585. The van der Waals surface area contributed by atoms with Crippen LogP contribution < -0.4 is 0 Å². The number of aromatic nitrogens is 3. The van der Waals surface area contributed by atoms with E-state index >= 15 is 0 Å². The molecule has 3 heterocycles. The Balaban J connectivity index is 1.14. The predicted octanol–water partition coefficient (Wildman–Crippen LogP) is 12.6. The molecule has 0 spiro atoms. The number of para-hydroxylation sites is 1. The van der Waals surface area contributed by atoms with E-state index in [4.69, 9.17) is 23.8 Å². The van der Waals surface area contributed by atoms with E-state index in [0.29, 0.717) is 17.5 Å². The third-order valence-electron chi connectivity index (χ3n) is 10.1. The lowest BCUT2D eigenvalue weighted by molar-refractivity contribution is 0.669. The monoisotopic (exact) mass is 665 g/mol. The van der Waals surface area contributed by atoms with Crippen molar-refractivity contribution in [3.8, 4) is 45.3 Å². The minimum absolute atomic E-state index is 0.585. The Kier molecular flexibility index (Phi) is 6.18. The third-order valence-corrected chi connectivity index (χ3v) is 10.1. The van der Waals surface area contributed by atoms with E-state index in [2.05, 4.69) is 97.1 Å². The van der Waals surface area contributed by atoms with Gasteiger partial charge in [0.05, 0.1) is 0 Å². The molecule has 11 aromatic rings. The maximum absolute atomic E-state index is 6.54. The van der Waals surface area contributed by atoms with E-state index < -0.39 is 0 Å². The molecule has 0 unspecified atom stereocenters. The van der Waals surface area contributed by atoms with Gasteiger partial charge in [-0.1, -0.05) is 127 Å². The van der Waals surface area contributed by atoms with E-state index in [1.165, 1.54) is 16.2 Å². The lowest BCUT2D eigenvalue weighted by Gasteiger charge is -2.11. The lowest BCUT2D eigenvalue weighted by atomic mass is 9.96. The zero-order chi connectivity index (χ0) is 34.2. The van der Waals surface area contributed by atoms with Gasteiger partial charge in [-0.2, -0.15) is 0 Å². The highest BCUT2D eigenvalue weighted by Crippen LogP contribution is 2.42. The topological polar surface area (TPSA) is 65.0 Å². The van der Waals surface area contributed by atoms with Crippen molar-refractivity contribution in [3.05, 3.63) is 164 Å². The molecule has 0 amide bonds. The van der Waals surface area contributed by atoms with Crippen LogP contribution in [0, 0.1) is 0 Å². The minimum Gasteiger partial charge on any atom is -0.456 e. The van der Waals surface area contributed by atoms with Crippen LogP contribution in [-0.2, 0) is 0 Å². The molecule has 0 N–H and O–H groups in total. The summed E-state index contributed by atoms with van der Waals surface area (Å²) in [7, 11) is 0. The molecule has 11 rings (SSSR count). The summed E-state index contributed by atoms with van der Waals surface area (Å²) in [6.45, 7) is 0. The first-order valence-corrected chi connectivity index (χ1v) is 17.3. The molecule has 0 atom stereocenters. The van der Waals surface area contributed by atoms with Crippen LogP contribution in [0.5, 0.6) is 0 Å². The molecule has 5 nitrogen and oxygen atoms in total. The van der Waals surface area contributed by atoms with Crippen molar-refractivity contribution in [1.29, 1.82) is 0 Å². The summed E-state index contributed by atoms with van der Waals surface area (Å²) < 4.78 is 12.7. The van der Waals surface area contributed by atoms with E-state index in [0.717, 1.165) is 77.1 Å². The molecule has 3 aromatic heterocycles. The Hall–Kier alpha value is -7.11. The average molecular weight is 666 g/mol. The van der Waals surface area contributed by atoms with E-state index in [1.807, 2.05) is 66.7 Å². The number of furan rings is 2. The smallest absolute Gasteiger partial charge is 0.164 e. The maximum atomic E-state index is 6.54. The van der Waals surface area contributed by atoms with Gasteiger partial charge in [-0.05, 0) is 69.1 Å². The van der Waals surface area contributed by atoms with E-state index in [-0.39, 0.29) is 0 Å². The number of rotatable bonds is 4. The Morgan fingerprint density at radius 2 is 0.904 bits per heavy atom. The first-order valence-electron chi connectivity index (χ1n) is 17.3. The van der Waals surface area contributed by atoms with Gasteiger partial charge in [0, 0.05) is 38.2 Å². The summed E-state index contributed by atoms with van der Waals surface area (Å²) in [6, 6.07) is 56.3. The van der Waals surface area contributed by atoms with Gasteiger partial charge in [-0.15, -0.1) is 0 Å². The maximum Gasteiger partial charge on any atom is 0.164 e. The molecule has 0 saturated heterocycles. The second-order valence-electron chi connectivity index (χ2n) is 13.2. The largest absolute Gasteiger partial charge is 0.456 e. The van der Waals surface area contributed by atoms with Crippen LogP contribution in [0.25, 0.3) is 111 Å². The van der Waals surface area contributed by atoms with E-state index in [1.54, 1.807) is 0 Å². The summed E-state index contributed by atoms with van der Waals surface area (Å²) in [5, 5.41) is 8.93. The highest BCUT2D eigenvalue weighted by molar-refractivity contribution is 6.18. The van der Waals surface area contributed by atoms with E-state index in [9.17, 15) is 0 Å². The summed E-state index contributed by atoms with van der Waals surface area (Å²) in [6.07, 6.45) is 0. The van der Waals surface area contributed by atoms with Crippen LogP contribution in [0.4, 0.5) is 0 Å². The standard InChI is InChI=1S/C47H27N3O2/c1-2-11-29(12-3-1)45-48-46(32-22-24-34-30(26-32)21-20-28-10-4-5-13-33(28)34)50-47(49-45)37-16-9-19-42-44(37)43-35(15-8-18-41(43)52-42)31-23-25-40-38(27-31)36-14-6-7-17-39(36)51-40/h1-27H. The first kappa shape index (κ1) is 28.7. The number of fused-ring (bicyclic) bond motifs is 9. The van der Waals surface area contributed by atoms with Gasteiger partial charge in [0.25, 0.3) is 0 Å². The Labute approximate surface area is 297 Å². The fourth-order valence-corrected chi connectivity index (χ4v) is 7.68. The van der Waals surface area contributed by atoms with Crippen LogP contribution in [0.15, 0.2) is 173 Å². The van der Waals surface area contributed by atoms with Crippen LogP contribution in [0.2, 0.25) is 0 Å². The highest BCUT2D eigenvalue weighted by atomic mass is 16.3. The quantitative estimate of drug-likeness (QED) is 0.175. The van der Waals surface area contributed by atoms with Gasteiger partial charge >= 0.3 is 0 Å². The third kappa shape index (κ3) is 4.46. The van der Waals surface area contributed by atoms with Crippen LogP contribution >= 0.6 is 0 Å². The highest BCUT2D eigenvalue weighted by Gasteiger charge is 2.21. The molecule has 0 saturated carbocycles. The molecule has 242 valence electrons. The molecule has 0 radical (unpaired) electrons. The summed E-state index contributed by atoms with van der Waals surface area (Å²) in [4.78, 5) is 15.4. The number of hydrogen-bond donors (Lipinski definition) is 0. The SMILES string of the molecule is c1ccc(-c2nc(-c3ccc4c(ccc5ccccc54)c3)nc(-c3cccc4oc5cccc(-c6ccc7oc8ccccc8c7c6)c5c34)n2)cc1. The summed E-state index contributed by atoms with van der Waals surface area (Å²) in [5.74, 6) is 1.81. The fourth-order valence-electron chi connectivity index (χ4n) is 7.68. The molecule has 0 aliphatic carbocycles. The van der Waals surface area contributed by atoms with Crippen molar-refractivity contribution in [2.75, 3.05) is 0 Å². The Morgan fingerprint density at radius 3 is 1.77 bits per heavy atom. The van der Waals surface area contributed by atoms with Gasteiger partial charge in [-0.25, -0.2) is 15.0 Å². The average Bonchev–Trinajstić information content (AvgIpc) is 3.79. The zero-order valence-electron chi connectivity index (χ0n) is 27.7. The predicted molar refractivity (Wildman–Crippen MR) is 211 cm³/mol. The van der Waals surface area contributed by atoms with Crippen molar-refractivity contribution < 1.29 is 8.83 Å². The first-order chi connectivity index (χ1) is 25.7. The molecule has 8 aromatic carbocycles. The van der Waals surface area contributed by atoms with Crippen molar-refractivity contribution in [3.63, 3.8) is 0 Å². The van der Waals surface area contributed by atoms with Crippen LogP contribution in [-0.4, -0.2) is 15.0 Å². The van der Waals surface area contributed by atoms with Crippen molar-refractivity contribution in [1.82, 2.24) is 15.0 Å². The Morgan fingerprint density at radius 1 is 0.308 bits per heavy atom. The Bertz CT molecular complexity index is 3190. The van der Waals surface area contributed by atoms with Crippen LogP contribution in [0.3, 0.4) is 0 Å². The second kappa shape index (κ2) is 11.2. The number of benzene rings is 8. The van der Waals surface area contributed by atoms with Gasteiger partial charge < -0.3 is 8.83 Å². The lowest BCUT2D eigenvalue weighted by Crippen LogP contribution is -2.00. The molecule has 52 heavy (non-hydrogen) atoms. The summed E-state index contributed by atoms with van der Waals surface area (Å²) >= 11 is 0. The number of nitrogens with zero attached hydrogens (tertiary/aromatic N) is 3. The fraction of sp³-hybridized carbons (Fsp3) is 0. The molecular weight excluding hydrogens is 639 g/mol. The second-order valence-corrected chi connectivity index (χ2v) is 13.2. The molecule has 0 fully saturated rings. The van der Waals surface area contributed by atoms with Gasteiger partial charge in [-0.3, -0.25) is 0 Å². The molecule has 0 bridgehead atoms. The van der Waals surface area contributed by atoms with Gasteiger partial charge in [0.15, 0.2) is 17.5 Å². The molecule has 0 aliphatic heterocycles. The van der Waals surface area contributed by atoms with Gasteiger partial charge in [0.1, 0.15) is 22.3 Å². The van der Waals surface area contributed by atoms with Crippen molar-refractivity contribution in [2.24, 2.45) is 0 Å². The normalized spacial score (nSPS) is 11.8.